The van der Waals surface area contributed by atoms with Crippen molar-refractivity contribution in [2.24, 2.45) is 11.7 Å². The highest BCUT2D eigenvalue weighted by Crippen LogP contribution is 2.31. The lowest BCUT2D eigenvalue weighted by atomic mass is 9.84. The molecule has 3 amide bonds. The zero-order valence-corrected chi connectivity index (χ0v) is 14.4. The van der Waals surface area contributed by atoms with Gasteiger partial charge in [-0.25, -0.2) is 10.3 Å². The molecular weight excluding hydrogens is 326 g/mol. The molecule has 1 saturated carbocycles. The lowest BCUT2D eigenvalue weighted by Gasteiger charge is -2.22. The minimum absolute atomic E-state index is 0.0693. The Balaban J connectivity index is 1.90. The first-order valence-corrected chi connectivity index (χ1v) is 8.87. The second-order valence-electron chi connectivity index (χ2n) is 6.64. The third-order valence-corrected chi connectivity index (χ3v) is 4.70. The van der Waals surface area contributed by atoms with Gasteiger partial charge in [-0.15, -0.1) is 0 Å². The SMILES string of the molecule is NC(=O)NCc1noc([C@H](CCCC2CCCCC2)CC(=O)NO)n1. The Morgan fingerprint density at radius 1 is 1.32 bits per heavy atom. The van der Waals surface area contributed by atoms with Gasteiger partial charge in [0, 0.05) is 12.3 Å². The second kappa shape index (κ2) is 9.97. The summed E-state index contributed by atoms with van der Waals surface area (Å²) in [5.41, 5.74) is 6.66. The van der Waals surface area contributed by atoms with Gasteiger partial charge < -0.3 is 15.6 Å². The Kier molecular flexibility index (Phi) is 7.65. The van der Waals surface area contributed by atoms with Crippen molar-refractivity contribution in [3.05, 3.63) is 11.7 Å². The van der Waals surface area contributed by atoms with Gasteiger partial charge in [-0.3, -0.25) is 10.0 Å². The number of carbonyl (C=O) groups is 2. The molecule has 0 radical (unpaired) electrons. The molecule has 9 heteroatoms. The maximum absolute atomic E-state index is 11.6. The van der Waals surface area contributed by atoms with Crippen LogP contribution in [0.3, 0.4) is 0 Å². The predicted molar refractivity (Wildman–Crippen MR) is 88.4 cm³/mol. The van der Waals surface area contributed by atoms with Crippen LogP contribution in [0.15, 0.2) is 4.52 Å². The van der Waals surface area contributed by atoms with Gasteiger partial charge in [0.05, 0.1) is 6.54 Å². The fourth-order valence-corrected chi connectivity index (χ4v) is 3.38. The molecule has 0 bridgehead atoms. The van der Waals surface area contributed by atoms with E-state index in [-0.39, 0.29) is 18.9 Å². The Labute approximate surface area is 146 Å². The van der Waals surface area contributed by atoms with Crippen molar-refractivity contribution >= 4 is 11.9 Å². The van der Waals surface area contributed by atoms with E-state index in [1.807, 2.05) is 0 Å². The van der Waals surface area contributed by atoms with Crippen molar-refractivity contribution in [2.45, 2.75) is 70.3 Å². The van der Waals surface area contributed by atoms with E-state index in [0.717, 1.165) is 25.2 Å². The molecule has 0 saturated heterocycles. The number of primary amides is 1. The summed E-state index contributed by atoms with van der Waals surface area (Å²) in [5, 5.41) is 15.0. The molecule has 1 aromatic rings. The summed E-state index contributed by atoms with van der Waals surface area (Å²) in [6, 6.07) is -0.671. The van der Waals surface area contributed by atoms with E-state index in [1.54, 1.807) is 5.48 Å². The summed E-state index contributed by atoms with van der Waals surface area (Å²) in [7, 11) is 0. The molecular formula is C16H27N5O4. The Bertz CT molecular complexity index is 556. The largest absolute Gasteiger partial charge is 0.352 e. The summed E-state index contributed by atoms with van der Waals surface area (Å²) in [6.45, 7) is 0.0693. The van der Waals surface area contributed by atoms with Gasteiger partial charge >= 0.3 is 6.03 Å². The maximum atomic E-state index is 11.6. The maximum Gasteiger partial charge on any atom is 0.312 e. The number of carbonyl (C=O) groups excluding carboxylic acids is 2. The fraction of sp³-hybridized carbons (Fsp3) is 0.750. The highest BCUT2D eigenvalue weighted by atomic mass is 16.5. The van der Waals surface area contributed by atoms with Crippen molar-refractivity contribution in [2.75, 3.05) is 0 Å². The molecule has 1 atom stereocenters. The monoisotopic (exact) mass is 353 g/mol. The number of nitrogens with two attached hydrogens (primary N) is 1. The van der Waals surface area contributed by atoms with Crippen LogP contribution in [0.5, 0.6) is 0 Å². The summed E-state index contributed by atoms with van der Waals surface area (Å²) in [6.07, 6.45) is 9.41. The molecule has 1 heterocycles. The van der Waals surface area contributed by atoms with Gasteiger partial charge in [-0.2, -0.15) is 4.98 Å². The van der Waals surface area contributed by atoms with E-state index < -0.39 is 11.9 Å². The Hall–Kier alpha value is -2.16. The Morgan fingerprint density at radius 2 is 2.08 bits per heavy atom. The topological polar surface area (TPSA) is 143 Å². The van der Waals surface area contributed by atoms with Crippen LogP contribution in [0.4, 0.5) is 4.79 Å². The van der Waals surface area contributed by atoms with Crippen LogP contribution >= 0.6 is 0 Å². The lowest BCUT2D eigenvalue weighted by molar-refractivity contribution is -0.129. The number of hydroxylamine groups is 1. The zero-order valence-electron chi connectivity index (χ0n) is 14.4. The van der Waals surface area contributed by atoms with E-state index in [2.05, 4.69) is 15.5 Å². The molecule has 0 unspecified atom stereocenters. The lowest BCUT2D eigenvalue weighted by Crippen LogP contribution is -2.29. The first kappa shape index (κ1) is 19.2. The molecule has 1 aliphatic rings. The second-order valence-corrected chi connectivity index (χ2v) is 6.64. The standard InChI is InChI=1S/C16H27N5O4/c17-16(23)18-10-13-19-15(25-21-13)12(9-14(22)20-24)8-4-7-11-5-2-1-3-6-11/h11-12,24H,1-10H2,(H,20,22)(H3,17,18,23)/t12-/m1/s1. The molecule has 0 spiro atoms. The number of nitrogens with zero attached hydrogens (tertiary/aromatic N) is 2. The number of amides is 3. The van der Waals surface area contributed by atoms with Crippen LogP contribution in [0, 0.1) is 5.92 Å². The van der Waals surface area contributed by atoms with Crippen LogP contribution in [-0.2, 0) is 11.3 Å². The van der Waals surface area contributed by atoms with E-state index in [4.69, 9.17) is 15.5 Å². The highest BCUT2D eigenvalue weighted by Gasteiger charge is 2.23. The van der Waals surface area contributed by atoms with Crippen molar-refractivity contribution in [1.82, 2.24) is 20.9 Å². The van der Waals surface area contributed by atoms with Crippen LogP contribution in [-0.4, -0.2) is 27.3 Å². The molecule has 5 N–H and O–H groups in total. The number of urea groups is 1. The Morgan fingerprint density at radius 3 is 2.76 bits per heavy atom. The van der Waals surface area contributed by atoms with E-state index in [0.29, 0.717) is 11.7 Å². The minimum atomic E-state index is -0.671. The molecule has 140 valence electrons. The summed E-state index contributed by atoms with van der Waals surface area (Å²) < 4.78 is 5.23. The summed E-state index contributed by atoms with van der Waals surface area (Å²) >= 11 is 0. The first-order chi connectivity index (χ1) is 12.1. The predicted octanol–water partition coefficient (Wildman–Crippen LogP) is 1.97. The summed E-state index contributed by atoms with van der Waals surface area (Å²) in [5.74, 6) is 0.659. The van der Waals surface area contributed by atoms with E-state index >= 15 is 0 Å². The van der Waals surface area contributed by atoms with E-state index in [1.165, 1.54) is 32.1 Å². The van der Waals surface area contributed by atoms with Crippen LogP contribution in [0.25, 0.3) is 0 Å². The summed E-state index contributed by atoms with van der Waals surface area (Å²) in [4.78, 5) is 26.5. The number of nitrogens with one attached hydrogen (secondary N) is 2. The van der Waals surface area contributed by atoms with Gasteiger partial charge in [0.15, 0.2) is 5.82 Å². The highest BCUT2D eigenvalue weighted by molar-refractivity contribution is 5.75. The number of rotatable bonds is 9. The van der Waals surface area contributed by atoms with Crippen LogP contribution in [0.1, 0.15) is 75.4 Å². The zero-order chi connectivity index (χ0) is 18.1. The average molecular weight is 353 g/mol. The van der Waals surface area contributed by atoms with Crippen molar-refractivity contribution < 1.29 is 19.3 Å². The van der Waals surface area contributed by atoms with Gasteiger partial charge in [0.25, 0.3) is 0 Å². The fourth-order valence-electron chi connectivity index (χ4n) is 3.38. The normalized spacial score (nSPS) is 16.4. The van der Waals surface area contributed by atoms with Gasteiger partial charge in [-0.1, -0.05) is 50.1 Å². The quantitative estimate of drug-likeness (QED) is 0.395. The number of aromatic nitrogens is 2. The van der Waals surface area contributed by atoms with Crippen LogP contribution in [0.2, 0.25) is 0 Å². The third-order valence-electron chi connectivity index (χ3n) is 4.70. The molecule has 25 heavy (non-hydrogen) atoms. The molecule has 1 aromatic heterocycles. The van der Waals surface area contributed by atoms with Gasteiger partial charge in [-0.05, 0) is 12.3 Å². The molecule has 1 fully saturated rings. The van der Waals surface area contributed by atoms with Crippen LogP contribution < -0.4 is 16.5 Å². The molecule has 0 aromatic carbocycles. The molecule has 9 nitrogen and oxygen atoms in total. The number of hydrogen-bond donors (Lipinski definition) is 4. The van der Waals surface area contributed by atoms with Gasteiger partial charge in [0.1, 0.15) is 0 Å². The minimum Gasteiger partial charge on any atom is -0.352 e. The molecule has 2 rings (SSSR count). The molecule has 1 aliphatic carbocycles. The first-order valence-electron chi connectivity index (χ1n) is 8.87. The smallest absolute Gasteiger partial charge is 0.312 e. The van der Waals surface area contributed by atoms with Gasteiger partial charge in [0.2, 0.25) is 11.8 Å². The van der Waals surface area contributed by atoms with Crippen molar-refractivity contribution in [1.29, 1.82) is 0 Å². The average Bonchev–Trinajstić information content (AvgIpc) is 3.08. The van der Waals surface area contributed by atoms with Crippen molar-refractivity contribution in [3.63, 3.8) is 0 Å². The van der Waals surface area contributed by atoms with Crippen molar-refractivity contribution in [3.8, 4) is 0 Å². The number of hydrogen-bond acceptors (Lipinski definition) is 6. The molecule has 0 aliphatic heterocycles. The van der Waals surface area contributed by atoms with E-state index in [9.17, 15) is 9.59 Å². The third kappa shape index (κ3) is 6.69.